The van der Waals surface area contributed by atoms with Crippen LogP contribution < -0.4 is 16.4 Å². The molecule has 1 aromatic carbocycles. The van der Waals surface area contributed by atoms with Gasteiger partial charge in [0.1, 0.15) is 12.4 Å². The quantitative estimate of drug-likeness (QED) is 0.722. The monoisotopic (exact) mass is 351 g/mol. The Balaban J connectivity index is 1.50. The van der Waals surface area contributed by atoms with Crippen LogP contribution in [-0.2, 0) is 11.3 Å². The lowest BCUT2D eigenvalue weighted by Crippen LogP contribution is -2.29. The predicted molar refractivity (Wildman–Crippen MR) is 95.5 cm³/mol. The number of carbonyl (C=O) groups is 1. The first-order valence-corrected chi connectivity index (χ1v) is 8.35. The van der Waals surface area contributed by atoms with Crippen LogP contribution in [0.3, 0.4) is 0 Å². The van der Waals surface area contributed by atoms with E-state index in [9.17, 15) is 14.4 Å². The lowest BCUT2D eigenvalue weighted by Gasteiger charge is -2.07. The van der Waals surface area contributed by atoms with Gasteiger partial charge in [-0.15, -0.1) is 0 Å². The Morgan fingerprint density at radius 3 is 2.62 bits per heavy atom. The minimum atomic E-state index is -0.436. The zero-order valence-electron chi connectivity index (χ0n) is 13.9. The summed E-state index contributed by atoms with van der Waals surface area (Å²) >= 11 is 0. The second kappa shape index (κ2) is 6.47. The van der Waals surface area contributed by atoms with Crippen molar-refractivity contribution in [2.75, 3.05) is 5.32 Å². The Kier molecular flexibility index (Phi) is 4.00. The number of benzene rings is 1. The highest BCUT2D eigenvalue weighted by Crippen LogP contribution is 2.38. The number of nitrogens with zero attached hydrogens (tertiary/aromatic N) is 3. The topological polar surface area (TPSA) is 102 Å². The molecule has 1 amide bonds. The number of rotatable bonds is 5. The second-order valence-corrected chi connectivity index (χ2v) is 6.26. The molecular weight excluding hydrogens is 334 g/mol. The van der Waals surface area contributed by atoms with Gasteiger partial charge in [0.05, 0.1) is 11.4 Å². The maximum Gasteiger partial charge on any atom is 0.273 e. The van der Waals surface area contributed by atoms with Gasteiger partial charge in [0.2, 0.25) is 5.91 Å². The smallest absolute Gasteiger partial charge is 0.273 e. The maximum absolute atomic E-state index is 12.2. The van der Waals surface area contributed by atoms with Crippen LogP contribution in [0.4, 0.5) is 5.82 Å². The van der Waals surface area contributed by atoms with Crippen molar-refractivity contribution in [3.05, 3.63) is 74.9 Å². The van der Waals surface area contributed by atoms with Gasteiger partial charge in [0.15, 0.2) is 0 Å². The molecule has 1 saturated carbocycles. The molecule has 8 heteroatoms. The minimum Gasteiger partial charge on any atom is -0.309 e. The number of amides is 1. The fourth-order valence-corrected chi connectivity index (χ4v) is 2.73. The lowest BCUT2D eigenvalue weighted by atomic mass is 10.3. The van der Waals surface area contributed by atoms with E-state index in [1.54, 1.807) is 18.2 Å². The van der Waals surface area contributed by atoms with Crippen molar-refractivity contribution in [2.45, 2.75) is 25.3 Å². The highest BCUT2D eigenvalue weighted by atomic mass is 16.2. The zero-order chi connectivity index (χ0) is 18.1. The molecule has 8 nitrogen and oxygen atoms in total. The standard InChI is InChI=1S/C18H17N5O3/c24-16(11-22-17(25)9-8-14(20-22)12-6-7-12)19-15-10-18(26)23(21-15)13-4-2-1-3-5-13/h1-5,8-10,12,21H,6-7,11H2,(H,19,24). The summed E-state index contributed by atoms with van der Waals surface area (Å²) in [5.74, 6) is 0.213. The molecule has 132 valence electrons. The molecule has 3 aromatic rings. The number of nitrogens with one attached hydrogen (secondary N) is 2. The Hall–Kier alpha value is -3.42. The lowest BCUT2D eigenvalue weighted by molar-refractivity contribution is -0.117. The summed E-state index contributed by atoms with van der Waals surface area (Å²) in [7, 11) is 0. The number of aromatic nitrogens is 4. The number of anilines is 1. The minimum absolute atomic E-state index is 0.210. The van der Waals surface area contributed by atoms with Crippen molar-refractivity contribution in [3.8, 4) is 5.69 Å². The largest absolute Gasteiger partial charge is 0.309 e. The Bertz CT molecular complexity index is 1060. The number of hydrogen-bond acceptors (Lipinski definition) is 4. The van der Waals surface area contributed by atoms with E-state index < -0.39 is 5.91 Å². The maximum atomic E-state index is 12.2. The SMILES string of the molecule is O=C(Cn1nc(C2CC2)ccc1=O)Nc1cc(=O)n(-c2ccccc2)[nH]1. The first kappa shape index (κ1) is 16.1. The van der Waals surface area contributed by atoms with E-state index in [4.69, 9.17) is 0 Å². The van der Waals surface area contributed by atoms with Gasteiger partial charge >= 0.3 is 0 Å². The van der Waals surface area contributed by atoms with Crippen LogP contribution in [0, 0.1) is 0 Å². The van der Waals surface area contributed by atoms with E-state index in [0.29, 0.717) is 11.6 Å². The van der Waals surface area contributed by atoms with Crippen LogP contribution in [-0.4, -0.2) is 25.5 Å². The van der Waals surface area contributed by atoms with Crippen molar-refractivity contribution in [3.63, 3.8) is 0 Å². The summed E-state index contributed by atoms with van der Waals surface area (Å²) in [4.78, 5) is 36.2. The molecule has 2 aromatic heterocycles. The summed E-state index contributed by atoms with van der Waals surface area (Å²) in [6, 6.07) is 13.5. The second-order valence-electron chi connectivity index (χ2n) is 6.26. The van der Waals surface area contributed by atoms with Gasteiger partial charge in [-0.05, 0) is 31.0 Å². The first-order chi connectivity index (χ1) is 12.6. The summed E-state index contributed by atoms with van der Waals surface area (Å²) in [6.07, 6.45) is 2.12. The van der Waals surface area contributed by atoms with Gasteiger partial charge in [-0.2, -0.15) is 5.10 Å². The van der Waals surface area contributed by atoms with E-state index in [2.05, 4.69) is 15.5 Å². The summed E-state index contributed by atoms with van der Waals surface area (Å²) in [5.41, 5.74) is 0.867. The molecular formula is C18H17N5O3. The van der Waals surface area contributed by atoms with Gasteiger partial charge in [-0.3, -0.25) is 19.5 Å². The molecule has 1 aliphatic rings. The van der Waals surface area contributed by atoms with E-state index in [1.807, 2.05) is 18.2 Å². The van der Waals surface area contributed by atoms with Crippen LogP contribution >= 0.6 is 0 Å². The van der Waals surface area contributed by atoms with Crippen LogP contribution in [0.25, 0.3) is 5.69 Å². The molecule has 0 saturated heterocycles. The predicted octanol–water partition coefficient (Wildman–Crippen LogP) is 1.24. The highest BCUT2D eigenvalue weighted by molar-refractivity contribution is 5.89. The van der Waals surface area contributed by atoms with Gasteiger partial charge in [-0.1, -0.05) is 18.2 Å². The van der Waals surface area contributed by atoms with Crippen LogP contribution in [0.5, 0.6) is 0 Å². The molecule has 2 N–H and O–H groups in total. The average Bonchev–Trinajstić information content (AvgIpc) is 3.41. The third-order valence-electron chi connectivity index (χ3n) is 4.19. The molecule has 26 heavy (non-hydrogen) atoms. The normalized spacial score (nSPS) is 13.5. The summed E-state index contributed by atoms with van der Waals surface area (Å²) in [5, 5.41) is 9.68. The zero-order valence-corrected chi connectivity index (χ0v) is 13.9. The first-order valence-electron chi connectivity index (χ1n) is 8.35. The third-order valence-corrected chi connectivity index (χ3v) is 4.19. The average molecular weight is 351 g/mol. The third kappa shape index (κ3) is 3.34. The van der Waals surface area contributed by atoms with E-state index in [1.165, 1.54) is 16.8 Å². The fourth-order valence-electron chi connectivity index (χ4n) is 2.73. The van der Waals surface area contributed by atoms with Crippen molar-refractivity contribution in [1.82, 2.24) is 19.6 Å². The Morgan fingerprint density at radius 2 is 1.88 bits per heavy atom. The summed E-state index contributed by atoms with van der Waals surface area (Å²) in [6.45, 7) is -0.210. The van der Waals surface area contributed by atoms with Gasteiger partial charge in [0.25, 0.3) is 11.1 Å². The fraction of sp³-hybridized carbons (Fsp3) is 0.222. The van der Waals surface area contributed by atoms with Gasteiger partial charge in [0, 0.05) is 18.1 Å². The molecule has 4 rings (SSSR count). The molecule has 0 aliphatic heterocycles. The Morgan fingerprint density at radius 1 is 1.12 bits per heavy atom. The van der Waals surface area contributed by atoms with Gasteiger partial charge < -0.3 is 5.32 Å². The van der Waals surface area contributed by atoms with Crippen LogP contribution in [0.2, 0.25) is 0 Å². The van der Waals surface area contributed by atoms with Crippen molar-refractivity contribution in [1.29, 1.82) is 0 Å². The van der Waals surface area contributed by atoms with E-state index in [-0.39, 0.29) is 23.5 Å². The van der Waals surface area contributed by atoms with Crippen molar-refractivity contribution in [2.24, 2.45) is 0 Å². The van der Waals surface area contributed by atoms with Crippen LogP contribution in [0.15, 0.2) is 58.1 Å². The molecule has 2 heterocycles. The molecule has 0 bridgehead atoms. The highest BCUT2D eigenvalue weighted by Gasteiger charge is 2.25. The van der Waals surface area contributed by atoms with E-state index >= 15 is 0 Å². The number of H-pyrrole nitrogens is 1. The van der Waals surface area contributed by atoms with E-state index in [0.717, 1.165) is 23.2 Å². The number of aromatic amines is 1. The van der Waals surface area contributed by atoms with Crippen LogP contribution in [0.1, 0.15) is 24.5 Å². The summed E-state index contributed by atoms with van der Waals surface area (Å²) < 4.78 is 2.48. The number of hydrogen-bond donors (Lipinski definition) is 2. The van der Waals surface area contributed by atoms with Crippen molar-refractivity contribution >= 4 is 11.7 Å². The van der Waals surface area contributed by atoms with Gasteiger partial charge in [-0.25, -0.2) is 9.36 Å². The molecule has 0 unspecified atom stereocenters. The molecule has 0 spiro atoms. The van der Waals surface area contributed by atoms with Crippen molar-refractivity contribution < 1.29 is 4.79 Å². The molecule has 1 aliphatic carbocycles. The molecule has 1 fully saturated rings. The number of para-hydroxylation sites is 1. The molecule has 0 radical (unpaired) electrons. The number of carbonyl (C=O) groups excluding carboxylic acids is 1. The molecule has 0 atom stereocenters. The Labute approximate surface area is 148 Å².